The van der Waals surface area contributed by atoms with Crippen LogP contribution in [0.2, 0.25) is 5.02 Å². The van der Waals surface area contributed by atoms with Crippen LogP contribution in [0.4, 0.5) is 5.69 Å². The van der Waals surface area contributed by atoms with Crippen LogP contribution in [-0.2, 0) is 11.4 Å². The highest BCUT2D eigenvalue weighted by molar-refractivity contribution is 9.10. The van der Waals surface area contributed by atoms with Crippen LogP contribution >= 0.6 is 27.5 Å². The van der Waals surface area contributed by atoms with Gasteiger partial charge in [-0.05, 0) is 66.9 Å². The first-order valence-corrected chi connectivity index (χ1v) is 13.4. The maximum atomic E-state index is 13.4. The first-order chi connectivity index (χ1) is 18.4. The Hall–Kier alpha value is -3.73. The van der Waals surface area contributed by atoms with Crippen LogP contribution in [0.3, 0.4) is 0 Å². The predicted octanol–water partition coefficient (Wildman–Crippen LogP) is 6.99. The summed E-state index contributed by atoms with van der Waals surface area (Å²) in [5, 5.41) is 10.8. The van der Waals surface area contributed by atoms with Crippen LogP contribution in [0.15, 0.2) is 93.9 Å². The Bertz CT molecular complexity index is 1510. The topological polar surface area (TPSA) is 88.6 Å². The van der Waals surface area contributed by atoms with Crippen LogP contribution in [0, 0.1) is 11.3 Å². The third kappa shape index (κ3) is 4.78. The van der Waals surface area contributed by atoms with Gasteiger partial charge in [0, 0.05) is 33.4 Å². The number of hydrogen-bond donors (Lipinski definition) is 1. The molecular formula is C30H25BrClN3O3. The van der Waals surface area contributed by atoms with Gasteiger partial charge in [0.1, 0.15) is 23.9 Å². The van der Waals surface area contributed by atoms with E-state index in [0.717, 1.165) is 33.4 Å². The molecule has 0 aromatic heterocycles. The van der Waals surface area contributed by atoms with E-state index in [4.69, 9.17) is 26.8 Å². The monoisotopic (exact) mass is 589 g/mol. The molecule has 1 aliphatic carbocycles. The molecule has 38 heavy (non-hydrogen) atoms. The molecule has 2 N–H and O–H groups in total. The van der Waals surface area contributed by atoms with E-state index in [1.165, 1.54) is 0 Å². The number of nitrogens with two attached hydrogens (primary N) is 1. The number of hydrogen-bond acceptors (Lipinski definition) is 6. The lowest BCUT2D eigenvalue weighted by Crippen LogP contribution is -2.38. The van der Waals surface area contributed by atoms with Gasteiger partial charge in [0.15, 0.2) is 5.78 Å². The number of methoxy groups -OCH3 is 1. The second-order valence-electron chi connectivity index (χ2n) is 9.08. The van der Waals surface area contributed by atoms with Crippen molar-refractivity contribution in [2.45, 2.75) is 31.8 Å². The molecule has 0 saturated carbocycles. The summed E-state index contributed by atoms with van der Waals surface area (Å²) in [4.78, 5) is 15.3. The molecule has 192 valence electrons. The minimum atomic E-state index is -0.584. The molecule has 6 nitrogen and oxygen atoms in total. The maximum Gasteiger partial charge on any atom is 0.161 e. The summed E-state index contributed by atoms with van der Waals surface area (Å²) in [6.07, 6.45) is 1.85. The van der Waals surface area contributed by atoms with E-state index in [1.807, 2.05) is 59.5 Å². The molecular weight excluding hydrogens is 566 g/mol. The summed E-state index contributed by atoms with van der Waals surface area (Å²) in [7, 11) is 1.59. The SMILES string of the molecule is COc1ccc([C@@H]2C(C#N)=C(N)N(c3ccc(Br)cc3)C3=C2C(=O)CCC3)cc1COc1ccccc1Cl. The molecule has 1 atom stereocenters. The second-order valence-corrected chi connectivity index (χ2v) is 10.4. The smallest absolute Gasteiger partial charge is 0.161 e. The van der Waals surface area contributed by atoms with Gasteiger partial charge in [-0.25, -0.2) is 0 Å². The summed E-state index contributed by atoms with van der Waals surface area (Å²) in [5.41, 5.74) is 10.8. The van der Waals surface area contributed by atoms with Crippen LogP contribution < -0.4 is 20.1 Å². The van der Waals surface area contributed by atoms with Gasteiger partial charge in [-0.3, -0.25) is 9.69 Å². The molecule has 2 aliphatic rings. The lowest BCUT2D eigenvalue weighted by atomic mass is 9.75. The number of carbonyl (C=O) groups is 1. The van der Waals surface area contributed by atoms with E-state index in [2.05, 4.69) is 22.0 Å². The number of ketones is 1. The normalized spacial score (nSPS) is 17.3. The average molecular weight is 591 g/mol. The van der Waals surface area contributed by atoms with Gasteiger partial charge in [0.2, 0.25) is 0 Å². The zero-order valence-electron chi connectivity index (χ0n) is 20.7. The fourth-order valence-electron chi connectivity index (χ4n) is 5.11. The first kappa shape index (κ1) is 25.9. The number of nitrogens with zero attached hydrogens (tertiary/aromatic N) is 2. The van der Waals surface area contributed by atoms with E-state index in [0.29, 0.717) is 46.3 Å². The third-order valence-electron chi connectivity index (χ3n) is 6.86. The fraction of sp³-hybridized carbons (Fsp3) is 0.200. The first-order valence-electron chi connectivity index (χ1n) is 12.2. The van der Waals surface area contributed by atoms with Gasteiger partial charge >= 0.3 is 0 Å². The highest BCUT2D eigenvalue weighted by Gasteiger charge is 2.40. The predicted molar refractivity (Wildman–Crippen MR) is 151 cm³/mol. The minimum absolute atomic E-state index is 0.0308. The molecule has 0 unspecified atom stereocenters. The molecule has 0 saturated heterocycles. The molecule has 0 fully saturated rings. The Morgan fingerprint density at radius 1 is 1.11 bits per heavy atom. The highest BCUT2D eigenvalue weighted by atomic mass is 79.9. The molecule has 3 aromatic rings. The summed E-state index contributed by atoms with van der Waals surface area (Å²) < 4.78 is 12.5. The van der Waals surface area contributed by atoms with E-state index in [9.17, 15) is 10.1 Å². The van der Waals surface area contributed by atoms with Crippen molar-refractivity contribution in [2.75, 3.05) is 12.0 Å². The quantitative estimate of drug-likeness (QED) is 0.333. The second kappa shape index (κ2) is 10.9. The number of nitriles is 1. The van der Waals surface area contributed by atoms with Crippen LogP contribution in [0.1, 0.15) is 36.3 Å². The van der Waals surface area contributed by atoms with E-state index in [1.54, 1.807) is 19.2 Å². The lowest BCUT2D eigenvalue weighted by molar-refractivity contribution is -0.116. The number of para-hydroxylation sites is 1. The van der Waals surface area contributed by atoms with E-state index >= 15 is 0 Å². The number of benzene rings is 3. The Morgan fingerprint density at radius 2 is 1.87 bits per heavy atom. The van der Waals surface area contributed by atoms with Crippen LogP contribution in [0.5, 0.6) is 11.5 Å². The summed E-state index contributed by atoms with van der Waals surface area (Å²) >= 11 is 9.74. The van der Waals surface area contributed by atoms with E-state index in [-0.39, 0.29) is 12.4 Å². The fourth-order valence-corrected chi connectivity index (χ4v) is 5.57. The van der Waals surface area contributed by atoms with Gasteiger partial charge in [-0.15, -0.1) is 0 Å². The number of Topliss-reactive ketones (excluding diaryl/α,β-unsaturated/α-hetero) is 1. The molecule has 3 aromatic carbocycles. The molecule has 0 radical (unpaired) electrons. The number of ether oxygens (including phenoxy) is 2. The maximum absolute atomic E-state index is 13.4. The van der Waals surface area contributed by atoms with Crippen LogP contribution in [-0.4, -0.2) is 12.9 Å². The third-order valence-corrected chi connectivity index (χ3v) is 7.70. The lowest BCUT2D eigenvalue weighted by Gasteiger charge is -2.39. The van der Waals surface area contributed by atoms with Crippen molar-refractivity contribution in [3.63, 3.8) is 0 Å². The van der Waals surface area contributed by atoms with Crippen molar-refractivity contribution in [1.29, 1.82) is 5.26 Å². The van der Waals surface area contributed by atoms with Gasteiger partial charge in [-0.1, -0.05) is 45.7 Å². The summed E-state index contributed by atoms with van der Waals surface area (Å²) in [5.74, 6) is 0.965. The zero-order valence-corrected chi connectivity index (χ0v) is 23.1. The summed E-state index contributed by atoms with van der Waals surface area (Å²) in [6.45, 7) is 0.194. The Labute approximate surface area is 235 Å². The van der Waals surface area contributed by atoms with Crippen molar-refractivity contribution in [1.82, 2.24) is 0 Å². The van der Waals surface area contributed by atoms with Crippen molar-refractivity contribution >= 4 is 39.0 Å². The van der Waals surface area contributed by atoms with Crippen molar-refractivity contribution in [2.24, 2.45) is 5.73 Å². The standard InChI is InChI=1S/C30H25BrClN3O3/c1-37-26-14-9-18(15-19(26)17-38-27-8-3-2-5-23(27)32)28-22(16-33)30(34)35(21-12-10-20(31)11-13-21)24-6-4-7-25(36)29(24)28/h2-3,5,8-15,28H,4,6-7,17,34H2,1H3/t28-/m1/s1. The number of halogens is 2. The number of anilines is 1. The summed E-state index contributed by atoms with van der Waals surface area (Å²) in [6, 6.07) is 22.9. The Kier molecular flexibility index (Phi) is 7.46. The molecule has 5 rings (SSSR count). The van der Waals surface area contributed by atoms with Crippen molar-refractivity contribution < 1.29 is 14.3 Å². The van der Waals surface area contributed by atoms with Crippen LogP contribution in [0.25, 0.3) is 0 Å². The minimum Gasteiger partial charge on any atom is -0.496 e. The van der Waals surface area contributed by atoms with Crippen molar-refractivity contribution in [3.8, 4) is 17.6 Å². The molecule has 0 bridgehead atoms. The van der Waals surface area contributed by atoms with Gasteiger partial charge in [0.05, 0.1) is 29.7 Å². The molecule has 1 heterocycles. The molecule has 0 amide bonds. The highest BCUT2D eigenvalue weighted by Crippen LogP contribution is 2.47. The Balaban J connectivity index is 1.61. The molecule has 0 spiro atoms. The van der Waals surface area contributed by atoms with E-state index < -0.39 is 5.92 Å². The van der Waals surface area contributed by atoms with Gasteiger partial charge < -0.3 is 15.2 Å². The van der Waals surface area contributed by atoms with Crippen molar-refractivity contribution in [3.05, 3.63) is 110 Å². The Morgan fingerprint density at radius 3 is 2.58 bits per heavy atom. The number of rotatable bonds is 6. The molecule has 1 aliphatic heterocycles. The number of allylic oxidation sites excluding steroid dienone is 3. The average Bonchev–Trinajstić information content (AvgIpc) is 2.93. The van der Waals surface area contributed by atoms with Gasteiger partial charge in [-0.2, -0.15) is 5.26 Å². The molecule has 8 heteroatoms. The largest absolute Gasteiger partial charge is 0.496 e. The number of carbonyl (C=O) groups excluding carboxylic acids is 1. The van der Waals surface area contributed by atoms with Gasteiger partial charge in [0.25, 0.3) is 0 Å². The zero-order chi connectivity index (χ0) is 26.8.